The van der Waals surface area contributed by atoms with Gasteiger partial charge in [0.15, 0.2) is 6.23 Å². The zero-order valence-electron chi connectivity index (χ0n) is 18.7. The van der Waals surface area contributed by atoms with Gasteiger partial charge in [0, 0.05) is 37.6 Å². The number of anilines is 1. The molecule has 1 N–H and O–H groups in total. The summed E-state index contributed by atoms with van der Waals surface area (Å²) in [6.07, 6.45) is -0.598. The van der Waals surface area contributed by atoms with Gasteiger partial charge in [-0.2, -0.15) is 4.98 Å². The van der Waals surface area contributed by atoms with Crippen LogP contribution in [0.25, 0.3) is 0 Å². The van der Waals surface area contributed by atoms with E-state index >= 15 is 0 Å². The van der Waals surface area contributed by atoms with Crippen LogP contribution >= 0.6 is 0 Å². The van der Waals surface area contributed by atoms with E-state index in [4.69, 9.17) is 18.9 Å². The maximum Gasteiger partial charge on any atom is 0.351 e. The Morgan fingerprint density at radius 2 is 1.88 bits per heavy atom. The summed E-state index contributed by atoms with van der Waals surface area (Å²) in [6, 6.07) is 6.46. The third-order valence-corrected chi connectivity index (χ3v) is 4.93. The molecule has 0 radical (unpaired) electrons. The minimum absolute atomic E-state index is 0.0409. The lowest BCUT2D eigenvalue weighted by molar-refractivity contribution is -0.153. The monoisotopic (exact) mass is 459 g/mol. The van der Waals surface area contributed by atoms with Crippen LogP contribution in [0, 0.1) is 6.92 Å². The number of carbonyl (C=O) groups excluding carboxylic acids is 3. The van der Waals surface area contributed by atoms with Gasteiger partial charge in [-0.25, -0.2) is 4.79 Å². The van der Waals surface area contributed by atoms with Crippen molar-refractivity contribution in [1.82, 2.24) is 9.55 Å². The molecule has 1 amide bonds. The van der Waals surface area contributed by atoms with E-state index in [2.05, 4.69) is 10.3 Å². The van der Waals surface area contributed by atoms with Crippen molar-refractivity contribution < 1.29 is 33.3 Å². The second-order valence-electron chi connectivity index (χ2n) is 7.48. The van der Waals surface area contributed by atoms with Gasteiger partial charge in [0.05, 0.1) is 13.2 Å². The summed E-state index contributed by atoms with van der Waals surface area (Å²) in [5.74, 6) is -0.757. The fourth-order valence-corrected chi connectivity index (χ4v) is 3.40. The number of esters is 2. The van der Waals surface area contributed by atoms with Gasteiger partial charge in [-0.05, 0) is 31.2 Å². The van der Waals surface area contributed by atoms with E-state index in [0.717, 1.165) is 0 Å². The first-order valence-electron chi connectivity index (χ1n) is 10.2. The third-order valence-electron chi connectivity index (χ3n) is 4.93. The van der Waals surface area contributed by atoms with E-state index in [1.165, 1.54) is 31.7 Å². The van der Waals surface area contributed by atoms with Crippen molar-refractivity contribution >= 4 is 23.7 Å². The van der Waals surface area contributed by atoms with Crippen LogP contribution in [0.2, 0.25) is 0 Å². The molecule has 1 saturated heterocycles. The number of nitrogens with zero attached hydrogens (tertiary/aromatic N) is 2. The predicted octanol–water partition coefficient (Wildman–Crippen LogP) is 1.59. The van der Waals surface area contributed by atoms with Crippen LogP contribution in [-0.2, 0) is 23.8 Å². The third kappa shape index (κ3) is 5.95. The van der Waals surface area contributed by atoms with Crippen molar-refractivity contribution in [2.75, 3.05) is 19.0 Å². The molecule has 11 nitrogen and oxygen atoms in total. The number of ether oxygens (including phenoxy) is 4. The quantitative estimate of drug-likeness (QED) is 0.612. The number of carbonyl (C=O) groups is 3. The first kappa shape index (κ1) is 23.9. The topological polar surface area (TPSA) is 135 Å². The molecule has 1 fully saturated rings. The zero-order valence-corrected chi connectivity index (χ0v) is 18.7. The van der Waals surface area contributed by atoms with Gasteiger partial charge in [-0.15, -0.1) is 0 Å². The summed E-state index contributed by atoms with van der Waals surface area (Å²) >= 11 is 0. The molecular formula is C22H25N3O8. The van der Waals surface area contributed by atoms with Crippen LogP contribution in [0.3, 0.4) is 0 Å². The average molecular weight is 459 g/mol. The maximum absolute atomic E-state index is 12.8. The summed E-state index contributed by atoms with van der Waals surface area (Å²) in [5, 5.41) is 2.62. The van der Waals surface area contributed by atoms with Gasteiger partial charge in [0.1, 0.15) is 24.3 Å². The molecule has 0 aliphatic carbocycles. The lowest BCUT2D eigenvalue weighted by Gasteiger charge is -2.21. The molecule has 1 aromatic carbocycles. The lowest BCUT2D eigenvalue weighted by Crippen LogP contribution is -2.34. The van der Waals surface area contributed by atoms with Gasteiger partial charge in [-0.3, -0.25) is 19.0 Å². The zero-order chi connectivity index (χ0) is 24.1. The minimum Gasteiger partial charge on any atom is -0.497 e. The summed E-state index contributed by atoms with van der Waals surface area (Å²) in [5.41, 5.74) is 0.148. The Morgan fingerprint density at radius 1 is 1.18 bits per heavy atom. The normalized spacial score (nSPS) is 19.6. The van der Waals surface area contributed by atoms with E-state index in [9.17, 15) is 19.2 Å². The van der Waals surface area contributed by atoms with Crippen molar-refractivity contribution in [1.29, 1.82) is 0 Å². The Hall–Kier alpha value is -3.73. The van der Waals surface area contributed by atoms with Crippen molar-refractivity contribution in [2.24, 2.45) is 0 Å². The molecule has 3 rings (SSSR count). The highest BCUT2D eigenvalue weighted by atomic mass is 16.6. The molecule has 1 aromatic heterocycles. The van der Waals surface area contributed by atoms with E-state index in [0.29, 0.717) is 16.9 Å². The first-order chi connectivity index (χ1) is 15.7. The first-order valence-corrected chi connectivity index (χ1v) is 10.2. The van der Waals surface area contributed by atoms with Crippen molar-refractivity contribution in [3.63, 3.8) is 0 Å². The summed E-state index contributed by atoms with van der Waals surface area (Å²) in [6.45, 7) is 4.15. The van der Waals surface area contributed by atoms with Crippen LogP contribution < -0.4 is 15.7 Å². The highest BCUT2D eigenvalue weighted by molar-refractivity contribution is 6.04. The van der Waals surface area contributed by atoms with Crippen molar-refractivity contribution in [2.45, 2.75) is 45.6 Å². The Labute approximate surface area is 189 Å². The molecule has 0 spiro atoms. The molecule has 0 saturated carbocycles. The molecular weight excluding hydrogens is 434 g/mol. The molecule has 1 aliphatic heterocycles. The van der Waals surface area contributed by atoms with E-state index in [-0.39, 0.29) is 18.8 Å². The molecule has 0 unspecified atom stereocenters. The molecule has 11 heteroatoms. The second-order valence-corrected chi connectivity index (χ2v) is 7.48. The number of benzene rings is 1. The fourth-order valence-electron chi connectivity index (χ4n) is 3.40. The van der Waals surface area contributed by atoms with Gasteiger partial charge in [-0.1, -0.05) is 0 Å². The van der Waals surface area contributed by atoms with Gasteiger partial charge in [0.2, 0.25) is 0 Å². The highest BCUT2D eigenvalue weighted by Gasteiger charge is 2.40. The smallest absolute Gasteiger partial charge is 0.351 e. The molecule has 2 heterocycles. The lowest BCUT2D eigenvalue weighted by atomic mass is 10.2. The Bertz CT molecular complexity index is 1100. The number of nitrogens with one attached hydrogen (secondary N) is 1. The van der Waals surface area contributed by atoms with Crippen LogP contribution in [0.5, 0.6) is 5.75 Å². The highest BCUT2D eigenvalue weighted by Crippen LogP contribution is 2.31. The maximum atomic E-state index is 12.8. The standard InChI is InChI=1S/C22H25N3O8/c1-12-10-25(21-18(32-14(3)27)9-17(33-21)11-31-13(2)26)22(29)24-19(12)23-20(28)15-5-7-16(30-4)8-6-15/h5-8,10,17-18,21H,9,11H2,1-4H3,(H,23,24,28,29)/t17-,18+,21+/m0/s1. The van der Waals surface area contributed by atoms with Crippen LogP contribution in [0.1, 0.15) is 42.4 Å². The van der Waals surface area contributed by atoms with E-state index in [1.54, 1.807) is 31.2 Å². The molecule has 0 bridgehead atoms. The second kappa shape index (κ2) is 10.3. The fraction of sp³-hybridized carbons (Fsp3) is 0.409. The summed E-state index contributed by atoms with van der Waals surface area (Å²) < 4.78 is 22.4. The minimum atomic E-state index is -0.959. The number of methoxy groups -OCH3 is 1. The van der Waals surface area contributed by atoms with E-state index in [1.807, 2.05) is 0 Å². The van der Waals surface area contributed by atoms with Crippen molar-refractivity contribution in [3.8, 4) is 5.75 Å². The molecule has 1 aliphatic rings. The number of rotatable bonds is 7. The van der Waals surface area contributed by atoms with Crippen LogP contribution in [0.15, 0.2) is 35.3 Å². The number of aryl methyl sites for hydroxylation is 1. The van der Waals surface area contributed by atoms with Crippen LogP contribution in [-0.4, -0.2) is 53.3 Å². The summed E-state index contributed by atoms with van der Waals surface area (Å²) in [7, 11) is 1.52. The number of hydrogen-bond donors (Lipinski definition) is 1. The molecule has 2 aromatic rings. The SMILES string of the molecule is COc1ccc(C(=O)Nc2nc(=O)n([C@@H]3O[C@H](COC(C)=O)C[C@H]3OC(C)=O)cc2C)cc1. The molecule has 33 heavy (non-hydrogen) atoms. The number of aromatic nitrogens is 2. The van der Waals surface area contributed by atoms with Crippen LogP contribution in [0.4, 0.5) is 5.82 Å². The largest absolute Gasteiger partial charge is 0.497 e. The Kier molecular flexibility index (Phi) is 7.44. The number of hydrogen-bond acceptors (Lipinski definition) is 9. The Balaban J connectivity index is 1.81. The summed E-state index contributed by atoms with van der Waals surface area (Å²) in [4.78, 5) is 51.9. The number of amides is 1. The van der Waals surface area contributed by atoms with Crippen molar-refractivity contribution in [3.05, 3.63) is 52.1 Å². The molecule has 176 valence electrons. The average Bonchev–Trinajstić information content (AvgIpc) is 3.16. The van der Waals surface area contributed by atoms with Gasteiger partial charge < -0.3 is 24.3 Å². The van der Waals surface area contributed by atoms with E-state index < -0.39 is 42.0 Å². The Morgan fingerprint density at radius 3 is 2.48 bits per heavy atom. The predicted molar refractivity (Wildman–Crippen MR) is 115 cm³/mol. The molecule has 3 atom stereocenters. The van der Waals surface area contributed by atoms with Gasteiger partial charge in [0.25, 0.3) is 5.91 Å². The van der Waals surface area contributed by atoms with Gasteiger partial charge >= 0.3 is 17.6 Å².